The number of amides is 2. The number of ether oxygens (including phenoxy) is 1. The average Bonchev–Trinajstić information content (AvgIpc) is 3.55. The first-order chi connectivity index (χ1) is 22.0. The van der Waals surface area contributed by atoms with Crippen LogP contribution >= 0.6 is 0 Å². The molecule has 0 unspecified atom stereocenters. The summed E-state index contributed by atoms with van der Waals surface area (Å²) in [6, 6.07) is 15.4. The molecule has 0 radical (unpaired) electrons. The van der Waals surface area contributed by atoms with Gasteiger partial charge >= 0.3 is 0 Å². The van der Waals surface area contributed by atoms with Gasteiger partial charge in [0.2, 0.25) is 5.91 Å². The highest BCUT2D eigenvalue weighted by Crippen LogP contribution is 2.36. The Morgan fingerprint density at radius 2 is 1.73 bits per heavy atom. The Morgan fingerprint density at radius 3 is 2.51 bits per heavy atom. The van der Waals surface area contributed by atoms with Crippen LogP contribution in [-0.2, 0) is 22.5 Å². The van der Waals surface area contributed by atoms with Crippen molar-refractivity contribution in [2.75, 3.05) is 68.8 Å². The predicted molar refractivity (Wildman–Crippen MR) is 178 cm³/mol. The van der Waals surface area contributed by atoms with E-state index in [1.165, 1.54) is 33.7 Å². The minimum absolute atomic E-state index is 0.0288. The molecule has 1 aliphatic carbocycles. The molecule has 9 heteroatoms. The standard InChI is InChI=1S/C36H44N6O3/c1-3-34(43)41-17-15-39(16-18-41)33-23-29(36(44)38-28-10-6-11-31(28)40-19-21-45-22-20-40)37-30-24-42(14-13-27(30)33)32-12-5-9-26-8-4-7-25(2)35(26)32/h3-5,7-9,12,23,28,31H,1,6,10-11,13-22,24H2,2H3,(H,38,44)/t28-,31-/m1/s1. The Hall–Kier alpha value is -3.95. The molecule has 1 saturated carbocycles. The number of aromatic nitrogens is 1. The highest BCUT2D eigenvalue weighted by atomic mass is 16.5. The second-order valence-corrected chi connectivity index (χ2v) is 12.8. The second kappa shape index (κ2) is 12.8. The van der Waals surface area contributed by atoms with Crippen LogP contribution in [-0.4, -0.2) is 97.7 Å². The maximum atomic E-state index is 14.0. The van der Waals surface area contributed by atoms with E-state index in [-0.39, 0.29) is 17.9 Å². The van der Waals surface area contributed by atoms with Gasteiger partial charge in [-0.1, -0.05) is 36.9 Å². The minimum Gasteiger partial charge on any atom is -0.379 e. The third kappa shape index (κ3) is 5.91. The number of fused-ring (bicyclic) bond motifs is 2. The number of rotatable bonds is 6. The lowest BCUT2D eigenvalue weighted by atomic mass is 9.97. The van der Waals surface area contributed by atoms with Crippen molar-refractivity contribution in [1.29, 1.82) is 0 Å². The molecule has 2 atom stereocenters. The zero-order chi connectivity index (χ0) is 30.9. The van der Waals surface area contributed by atoms with E-state index < -0.39 is 0 Å². The summed E-state index contributed by atoms with van der Waals surface area (Å²) < 4.78 is 5.59. The topological polar surface area (TPSA) is 81.2 Å². The van der Waals surface area contributed by atoms with E-state index in [9.17, 15) is 9.59 Å². The van der Waals surface area contributed by atoms with Crippen molar-refractivity contribution in [2.24, 2.45) is 0 Å². The first-order valence-electron chi connectivity index (χ1n) is 16.5. The maximum absolute atomic E-state index is 14.0. The van der Waals surface area contributed by atoms with Gasteiger partial charge < -0.3 is 24.8 Å². The third-order valence-corrected chi connectivity index (χ3v) is 10.2. The van der Waals surface area contributed by atoms with Gasteiger partial charge in [-0.3, -0.25) is 14.5 Å². The van der Waals surface area contributed by atoms with Crippen LogP contribution in [0.4, 0.5) is 11.4 Å². The molecule has 7 rings (SSSR count). The predicted octanol–water partition coefficient (Wildman–Crippen LogP) is 3.92. The van der Waals surface area contributed by atoms with Gasteiger partial charge in [0.15, 0.2) is 0 Å². The molecule has 236 valence electrons. The molecule has 1 N–H and O–H groups in total. The highest BCUT2D eigenvalue weighted by molar-refractivity contribution is 5.97. The molecule has 0 bridgehead atoms. The van der Waals surface area contributed by atoms with Crippen molar-refractivity contribution in [3.05, 3.63) is 77.6 Å². The molecular weight excluding hydrogens is 564 g/mol. The fourth-order valence-corrected chi connectivity index (χ4v) is 7.89. The van der Waals surface area contributed by atoms with Crippen LogP contribution in [0.5, 0.6) is 0 Å². The van der Waals surface area contributed by atoms with Crippen molar-refractivity contribution >= 4 is 34.0 Å². The van der Waals surface area contributed by atoms with Crippen LogP contribution in [0.25, 0.3) is 10.8 Å². The van der Waals surface area contributed by atoms with E-state index in [1.807, 2.05) is 11.0 Å². The molecule has 4 aliphatic rings. The van der Waals surface area contributed by atoms with Gasteiger partial charge in [0, 0.05) is 80.2 Å². The monoisotopic (exact) mass is 608 g/mol. The van der Waals surface area contributed by atoms with Gasteiger partial charge in [0.05, 0.1) is 25.5 Å². The maximum Gasteiger partial charge on any atom is 0.270 e. The number of aryl methyl sites for hydroxylation is 1. The molecule has 4 heterocycles. The molecule has 9 nitrogen and oxygen atoms in total. The Labute approximate surface area is 265 Å². The number of hydrogen-bond acceptors (Lipinski definition) is 7. The van der Waals surface area contributed by atoms with Gasteiger partial charge in [0.1, 0.15) is 5.69 Å². The van der Waals surface area contributed by atoms with E-state index in [4.69, 9.17) is 9.72 Å². The number of anilines is 2. The number of pyridine rings is 1. The van der Waals surface area contributed by atoms with Crippen LogP contribution in [0.3, 0.4) is 0 Å². The number of benzene rings is 2. The fourth-order valence-electron chi connectivity index (χ4n) is 7.89. The second-order valence-electron chi connectivity index (χ2n) is 12.8. The van der Waals surface area contributed by atoms with Crippen LogP contribution < -0.4 is 15.1 Å². The van der Waals surface area contributed by atoms with Crippen LogP contribution in [0.2, 0.25) is 0 Å². The molecule has 0 spiro atoms. The summed E-state index contributed by atoms with van der Waals surface area (Å²) in [6.45, 7) is 13.4. The Morgan fingerprint density at radius 1 is 0.956 bits per heavy atom. The van der Waals surface area contributed by atoms with Crippen molar-refractivity contribution in [3.8, 4) is 0 Å². The van der Waals surface area contributed by atoms with Crippen molar-refractivity contribution in [1.82, 2.24) is 20.1 Å². The lowest BCUT2D eigenvalue weighted by Crippen LogP contribution is -2.52. The summed E-state index contributed by atoms with van der Waals surface area (Å²) in [4.78, 5) is 40.5. The number of carbonyl (C=O) groups excluding carboxylic acids is 2. The third-order valence-electron chi connectivity index (χ3n) is 10.2. The SMILES string of the molecule is C=CC(=O)N1CCN(c2cc(C(=O)N[C@@H]3CCC[C@H]3N3CCOCC3)nc3c2CCN(c2cccc4cccc(C)c24)C3)CC1. The summed E-state index contributed by atoms with van der Waals surface area (Å²) >= 11 is 0. The van der Waals surface area contributed by atoms with Crippen LogP contribution in [0.15, 0.2) is 55.1 Å². The summed E-state index contributed by atoms with van der Waals surface area (Å²) in [5.74, 6) is -0.123. The zero-order valence-electron chi connectivity index (χ0n) is 26.3. The van der Waals surface area contributed by atoms with Crippen molar-refractivity contribution in [2.45, 2.75) is 51.2 Å². The molecule has 3 aliphatic heterocycles. The van der Waals surface area contributed by atoms with Crippen molar-refractivity contribution < 1.29 is 14.3 Å². The van der Waals surface area contributed by atoms with Gasteiger partial charge in [-0.2, -0.15) is 0 Å². The highest BCUT2D eigenvalue weighted by Gasteiger charge is 2.35. The first kappa shape index (κ1) is 29.7. The molecule has 1 aromatic heterocycles. The lowest BCUT2D eigenvalue weighted by Gasteiger charge is -2.39. The van der Waals surface area contributed by atoms with Gasteiger partial charge in [-0.25, -0.2) is 4.98 Å². The quantitative estimate of drug-likeness (QED) is 0.425. The molecular formula is C36H44N6O3. The smallest absolute Gasteiger partial charge is 0.270 e. The van der Waals surface area contributed by atoms with Crippen LogP contribution in [0, 0.1) is 6.92 Å². The van der Waals surface area contributed by atoms with E-state index in [0.29, 0.717) is 44.5 Å². The van der Waals surface area contributed by atoms with Crippen LogP contribution in [0.1, 0.15) is 46.6 Å². The van der Waals surface area contributed by atoms with Gasteiger partial charge in [0.25, 0.3) is 5.91 Å². The number of nitrogens with zero attached hydrogens (tertiary/aromatic N) is 5. The van der Waals surface area contributed by atoms with Gasteiger partial charge in [-0.15, -0.1) is 0 Å². The lowest BCUT2D eigenvalue weighted by molar-refractivity contribution is -0.126. The summed E-state index contributed by atoms with van der Waals surface area (Å²) in [5.41, 5.74) is 6.22. The zero-order valence-corrected chi connectivity index (χ0v) is 26.3. The number of carbonyl (C=O) groups is 2. The Balaban J connectivity index is 1.19. The molecule has 3 aromatic rings. The number of piperazine rings is 1. The summed E-state index contributed by atoms with van der Waals surface area (Å²) in [7, 11) is 0. The Kier molecular flexibility index (Phi) is 8.47. The molecule has 2 saturated heterocycles. The molecule has 45 heavy (non-hydrogen) atoms. The largest absolute Gasteiger partial charge is 0.379 e. The van der Waals surface area contributed by atoms with Crippen molar-refractivity contribution in [3.63, 3.8) is 0 Å². The van der Waals surface area contributed by atoms with E-state index >= 15 is 0 Å². The Bertz CT molecular complexity index is 1590. The first-order valence-corrected chi connectivity index (χ1v) is 16.5. The molecule has 3 fully saturated rings. The molecule has 2 aromatic carbocycles. The number of nitrogens with one attached hydrogen (secondary N) is 1. The van der Waals surface area contributed by atoms with E-state index in [0.717, 1.165) is 69.9 Å². The van der Waals surface area contributed by atoms with Gasteiger partial charge in [-0.05, 0) is 61.8 Å². The normalized spacial score (nSPS) is 22.4. The van der Waals surface area contributed by atoms with E-state index in [2.05, 4.69) is 69.9 Å². The summed E-state index contributed by atoms with van der Waals surface area (Å²) in [6.07, 6.45) is 5.43. The number of morpholine rings is 1. The fraction of sp³-hybridized carbons (Fsp3) is 0.472. The summed E-state index contributed by atoms with van der Waals surface area (Å²) in [5, 5.41) is 5.91. The van der Waals surface area contributed by atoms with E-state index in [1.54, 1.807) is 0 Å². The minimum atomic E-state index is -0.0946. The number of hydrogen-bond donors (Lipinski definition) is 1. The molecule has 2 amide bonds. The average molecular weight is 609 g/mol.